The van der Waals surface area contributed by atoms with Crippen LogP contribution in [0.4, 0.5) is 0 Å². The summed E-state index contributed by atoms with van der Waals surface area (Å²) in [6.45, 7) is 10.5. The van der Waals surface area contributed by atoms with Crippen LogP contribution in [0.2, 0.25) is 0 Å². The van der Waals surface area contributed by atoms with Gasteiger partial charge in [-0.25, -0.2) is 0 Å². The van der Waals surface area contributed by atoms with Crippen molar-refractivity contribution in [3.63, 3.8) is 0 Å². The van der Waals surface area contributed by atoms with Gasteiger partial charge in [0.2, 0.25) is 0 Å². The largest absolute Gasteiger partial charge is 0.507 e. The Kier molecular flexibility index (Phi) is 11.0. The fraction of sp³-hybridized carbons (Fsp3) is 0.123. The maximum absolute atomic E-state index is 11.9. The van der Waals surface area contributed by atoms with Crippen molar-refractivity contribution in [3.8, 4) is 46.8 Å². The van der Waals surface area contributed by atoms with Crippen LogP contribution < -0.4 is 0 Å². The molecule has 6 heteroatoms. The number of hydrogen-bond acceptors (Lipinski definition) is 6. The van der Waals surface area contributed by atoms with Crippen LogP contribution >= 0.6 is 0 Å². The van der Waals surface area contributed by atoms with Crippen LogP contribution in [-0.2, 0) is 10.8 Å². The Morgan fingerprint density at radius 2 is 1.25 bits per heavy atom. The third kappa shape index (κ3) is 7.18. The van der Waals surface area contributed by atoms with Gasteiger partial charge in [-0.05, 0) is 71.5 Å². The van der Waals surface area contributed by atoms with Crippen molar-refractivity contribution in [1.29, 1.82) is 0 Å². The number of phenolic OH excluding ortho intramolecular Hbond substituents is 6. The van der Waals surface area contributed by atoms with Crippen molar-refractivity contribution in [2.75, 3.05) is 0 Å². The van der Waals surface area contributed by atoms with Gasteiger partial charge in [-0.3, -0.25) is 0 Å². The highest BCUT2D eigenvalue weighted by atomic mass is 16.3. The molecule has 0 saturated heterocycles. The summed E-state index contributed by atoms with van der Waals surface area (Å²) in [5.41, 5.74) is 5.88. The molecular weight excluding hydrogens is 781 g/mol. The summed E-state index contributed by atoms with van der Waals surface area (Å²) in [5.74, 6) is 2.94. The van der Waals surface area contributed by atoms with E-state index in [0.29, 0.717) is 50.2 Å². The predicted molar refractivity (Wildman–Crippen MR) is 256 cm³/mol. The van der Waals surface area contributed by atoms with Crippen LogP contribution in [0.25, 0.3) is 39.3 Å². The Balaban J connectivity index is 1.16. The first-order valence-corrected chi connectivity index (χ1v) is 20.8. The molecule has 0 aliphatic heterocycles. The van der Waals surface area contributed by atoms with Crippen LogP contribution in [0, 0.1) is 12.3 Å². The third-order valence-corrected chi connectivity index (χ3v) is 13.0. The number of aromatic hydroxyl groups is 6. The molecule has 7 aromatic rings. The molecule has 6 N–H and O–H groups in total. The zero-order chi connectivity index (χ0) is 44.6. The van der Waals surface area contributed by atoms with Crippen molar-refractivity contribution in [1.82, 2.24) is 0 Å². The topological polar surface area (TPSA) is 121 Å². The molecule has 7 aromatic carbocycles. The zero-order valence-electron chi connectivity index (χ0n) is 35.3. The second-order valence-electron chi connectivity index (χ2n) is 16.5. The Hall–Kier alpha value is -7.88. The summed E-state index contributed by atoms with van der Waals surface area (Å²) in [7, 11) is 0. The van der Waals surface area contributed by atoms with E-state index >= 15 is 0 Å². The SMILES string of the molecule is C#Cc1cccc(O)c1/C=C\CC(C)(C(/C=C\C(=C)c1ccc(C(C)(c2ccc3c(O)cccc3c2O)C2C=Cc3c(O)cccc32)cc1)=C/C)c1ccc2c(O)cccc2c1O. The number of benzene rings is 7. The van der Waals surface area contributed by atoms with Gasteiger partial charge < -0.3 is 30.6 Å². The smallest absolute Gasteiger partial charge is 0.127 e. The summed E-state index contributed by atoms with van der Waals surface area (Å²) in [4.78, 5) is 0. The molecule has 63 heavy (non-hydrogen) atoms. The van der Waals surface area contributed by atoms with E-state index in [1.165, 1.54) is 0 Å². The average molecular weight is 829 g/mol. The highest BCUT2D eigenvalue weighted by Gasteiger charge is 2.42. The van der Waals surface area contributed by atoms with Crippen molar-refractivity contribution in [2.24, 2.45) is 0 Å². The average Bonchev–Trinajstić information content (AvgIpc) is 3.74. The first-order chi connectivity index (χ1) is 30.3. The van der Waals surface area contributed by atoms with Gasteiger partial charge in [-0.2, -0.15) is 0 Å². The molecular formula is C57H48O6. The molecule has 0 amide bonds. The van der Waals surface area contributed by atoms with Gasteiger partial charge >= 0.3 is 0 Å². The molecule has 0 radical (unpaired) electrons. The van der Waals surface area contributed by atoms with Crippen LogP contribution in [0.15, 0.2) is 164 Å². The summed E-state index contributed by atoms with van der Waals surface area (Å²) in [6, 6.07) is 36.3. The molecule has 0 heterocycles. The molecule has 0 spiro atoms. The molecule has 0 saturated carbocycles. The highest BCUT2D eigenvalue weighted by Crippen LogP contribution is 2.54. The molecule has 8 rings (SSSR count). The molecule has 0 fully saturated rings. The fourth-order valence-electron chi connectivity index (χ4n) is 9.41. The van der Waals surface area contributed by atoms with Crippen molar-refractivity contribution in [3.05, 3.63) is 208 Å². The minimum absolute atomic E-state index is 0.0561. The Labute approximate surface area is 367 Å². The Bertz CT molecular complexity index is 3120. The second kappa shape index (κ2) is 16.5. The van der Waals surface area contributed by atoms with Gasteiger partial charge in [0.15, 0.2) is 0 Å². The van der Waals surface area contributed by atoms with Gasteiger partial charge in [0.1, 0.15) is 34.5 Å². The van der Waals surface area contributed by atoms with Gasteiger partial charge in [-0.15, -0.1) is 6.42 Å². The lowest BCUT2D eigenvalue weighted by Gasteiger charge is -2.38. The number of terminal acetylenes is 1. The highest BCUT2D eigenvalue weighted by molar-refractivity contribution is 5.95. The quantitative estimate of drug-likeness (QED) is 0.0570. The molecule has 3 unspecified atom stereocenters. The Morgan fingerprint density at radius 3 is 1.90 bits per heavy atom. The number of hydrogen-bond donors (Lipinski definition) is 6. The van der Waals surface area contributed by atoms with Crippen LogP contribution in [0.1, 0.15) is 77.6 Å². The predicted octanol–water partition coefficient (Wildman–Crippen LogP) is 12.9. The third-order valence-electron chi connectivity index (χ3n) is 13.0. The van der Waals surface area contributed by atoms with E-state index in [2.05, 4.69) is 25.5 Å². The first kappa shape index (κ1) is 41.8. The van der Waals surface area contributed by atoms with Crippen molar-refractivity contribution >= 4 is 39.3 Å². The minimum Gasteiger partial charge on any atom is -0.507 e. The molecule has 1 aliphatic carbocycles. The lowest BCUT2D eigenvalue weighted by Crippen LogP contribution is -2.30. The van der Waals surface area contributed by atoms with E-state index in [1.807, 2.05) is 111 Å². The number of rotatable bonds is 11. The van der Waals surface area contributed by atoms with Gasteiger partial charge in [0.25, 0.3) is 0 Å². The zero-order valence-corrected chi connectivity index (χ0v) is 35.3. The lowest BCUT2D eigenvalue weighted by molar-refractivity contribution is 0.436. The fourth-order valence-corrected chi connectivity index (χ4v) is 9.41. The second-order valence-corrected chi connectivity index (χ2v) is 16.5. The van der Waals surface area contributed by atoms with E-state index in [1.54, 1.807) is 60.7 Å². The van der Waals surface area contributed by atoms with E-state index < -0.39 is 10.8 Å². The molecule has 3 atom stereocenters. The molecule has 0 aromatic heterocycles. The van der Waals surface area contributed by atoms with Gasteiger partial charge in [-0.1, -0.05) is 160 Å². The van der Waals surface area contributed by atoms with Crippen LogP contribution in [0.5, 0.6) is 34.5 Å². The summed E-state index contributed by atoms with van der Waals surface area (Å²) in [6.07, 6.45) is 19.9. The van der Waals surface area contributed by atoms with Crippen LogP contribution in [-0.4, -0.2) is 30.6 Å². The van der Waals surface area contributed by atoms with Crippen molar-refractivity contribution in [2.45, 2.75) is 43.9 Å². The van der Waals surface area contributed by atoms with E-state index in [9.17, 15) is 30.6 Å². The molecule has 6 nitrogen and oxygen atoms in total. The summed E-state index contributed by atoms with van der Waals surface area (Å²) < 4.78 is 0. The lowest BCUT2D eigenvalue weighted by atomic mass is 9.65. The van der Waals surface area contributed by atoms with Crippen molar-refractivity contribution < 1.29 is 30.6 Å². The number of fused-ring (bicyclic) bond motifs is 3. The van der Waals surface area contributed by atoms with E-state index in [4.69, 9.17) is 6.42 Å². The maximum atomic E-state index is 11.9. The standard InChI is InChI=1S/C57H48O6/c1-6-36-13-8-18-50(58)40(36)17-12-34-56(4,48-32-29-43-45(54(48)62)15-10-20-52(43)60)38(7-2)25-22-35(3)37-23-26-39(27-24-37)57(5,47-31-28-42-41(47)14-9-19-51(42)59)49-33-30-44-46(55(49)63)16-11-21-53(44)61/h1,7-33,47,58-63H,3,34H2,2,4-5H3/b17-12-,25-22-,38-7+. The normalized spacial score (nSPS) is 15.7. The molecule has 312 valence electrons. The molecule has 1 aliphatic rings. The van der Waals surface area contributed by atoms with Crippen LogP contribution in [0.3, 0.4) is 0 Å². The monoisotopic (exact) mass is 828 g/mol. The van der Waals surface area contributed by atoms with E-state index in [-0.39, 0.29) is 40.4 Å². The minimum atomic E-state index is -0.821. The Morgan fingerprint density at radius 1 is 0.667 bits per heavy atom. The first-order valence-electron chi connectivity index (χ1n) is 20.8. The number of allylic oxidation sites excluding steroid dienone is 7. The van der Waals surface area contributed by atoms with E-state index in [0.717, 1.165) is 33.4 Å². The molecule has 0 bridgehead atoms. The maximum Gasteiger partial charge on any atom is 0.127 e. The van der Waals surface area contributed by atoms with Gasteiger partial charge in [0, 0.05) is 66.1 Å². The number of phenols is 6. The summed E-state index contributed by atoms with van der Waals surface area (Å²) >= 11 is 0. The summed E-state index contributed by atoms with van der Waals surface area (Å²) in [5, 5.41) is 68.6. The van der Waals surface area contributed by atoms with Gasteiger partial charge in [0.05, 0.1) is 0 Å².